The van der Waals surface area contributed by atoms with Crippen LogP contribution in [0.3, 0.4) is 0 Å². The zero-order chi connectivity index (χ0) is 21.1. The van der Waals surface area contributed by atoms with Crippen LogP contribution in [0.2, 0.25) is 0 Å². The number of ether oxygens (including phenoxy) is 1. The maximum absolute atomic E-state index is 13.1. The molecule has 0 bridgehead atoms. The van der Waals surface area contributed by atoms with Gasteiger partial charge >= 0.3 is 0 Å². The molecule has 1 amide bonds. The van der Waals surface area contributed by atoms with Gasteiger partial charge in [-0.2, -0.15) is 5.10 Å². The standard InChI is InChI=1S/C22H25FN4O3/c1-3-29-11-10-27-19-8-9-26(20(28)12-16-4-6-17(23)7-5-16)14-18(19)21(25-27)22-24-13-15(2)30-22/h4-7,13H,3,8-12,14H2,1-2H3. The molecule has 0 aliphatic carbocycles. The van der Waals surface area contributed by atoms with E-state index < -0.39 is 0 Å². The molecule has 0 radical (unpaired) electrons. The fourth-order valence-corrected chi connectivity index (χ4v) is 3.71. The molecule has 2 aromatic heterocycles. The number of oxazole rings is 1. The fourth-order valence-electron chi connectivity index (χ4n) is 3.71. The van der Waals surface area contributed by atoms with Crippen molar-refractivity contribution >= 4 is 5.91 Å². The molecule has 8 heteroatoms. The number of aryl methyl sites for hydroxylation is 1. The van der Waals surface area contributed by atoms with Gasteiger partial charge in [0, 0.05) is 37.4 Å². The van der Waals surface area contributed by atoms with Crippen molar-refractivity contribution in [2.24, 2.45) is 0 Å². The van der Waals surface area contributed by atoms with Crippen molar-refractivity contribution in [1.29, 1.82) is 0 Å². The van der Waals surface area contributed by atoms with Gasteiger partial charge in [-0.05, 0) is 31.5 Å². The number of hydrogen-bond donors (Lipinski definition) is 0. The Balaban J connectivity index is 1.57. The van der Waals surface area contributed by atoms with Gasteiger partial charge < -0.3 is 14.1 Å². The van der Waals surface area contributed by atoms with Crippen molar-refractivity contribution in [2.45, 2.75) is 39.8 Å². The molecule has 0 fully saturated rings. The number of rotatable bonds is 7. The van der Waals surface area contributed by atoms with E-state index in [0.29, 0.717) is 56.6 Å². The fraction of sp³-hybridized carbons (Fsp3) is 0.409. The molecular weight excluding hydrogens is 387 g/mol. The second-order valence-electron chi connectivity index (χ2n) is 7.34. The van der Waals surface area contributed by atoms with Crippen molar-refractivity contribution in [1.82, 2.24) is 19.7 Å². The molecule has 0 N–H and O–H groups in total. The maximum atomic E-state index is 13.1. The molecule has 0 spiro atoms. The summed E-state index contributed by atoms with van der Waals surface area (Å²) in [5.74, 6) is 0.873. The normalized spacial score (nSPS) is 13.5. The van der Waals surface area contributed by atoms with Gasteiger partial charge in [-0.1, -0.05) is 12.1 Å². The van der Waals surface area contributed by atoms with Gasteiger partial charge in [-0.3, -0.25) is 9.48 Å². The van der Waals surface area contributed by atoms with E-state index in [1.807, 2.05) is 23.4 Å². The van der Waals surface area contributed by atoms with Gasteiger partial charge in [0.15, 0.2) is 5.69 Å². The van der Waals surface area contributed by atoms with Crippen LogP contribution in [-0.2, 0) is 35.5 Å². The molecule has 0 unspecified atom stereocenters. The second kappa shape index (κ2) is 8.79. The topological polar surface area (TPSA) is 73.4 Å². The van der Waals surface area contributed by atoms with E-state index >= 15 is 0 Å². The molecule has 3 heterocycles. The number of hydrogen-bond acceptors (Lipinski definition) is 5. The molecule has 1 aliphatic heterocycles. The zero-order valence-corrected chi connectivity index (χ0v) is 17.2. The van der Waals surface area contributed by atoms with E-state index in [-0.39, 0.29) is 18.1 Å². The van der Waals surface area contributed by atoms with Crippen molar-refractivity contribution in [3.8, 4) is 11.6 Å². The third-order valence-corrected chi connectivity index (χ3v) is 5.23. The first kappa shape index (κ1) is 20.3. The zero-order valence-electron chi connectivity index (χ0n) is 17.2. The average molecular weight is 412 g/mol. The smallest absolute Gasteiger partial charge is 0.247 e. The van der Waals surface area contributed by atoms with Gasteiger partial charge in [0.25, 0.3) is 0 Å². The lowest BCUT2D eigenvalue weighted by Crippen LogP contribution is -2.37. The van der Waals surface area contributed by atoms with E-state index in [1.165, 1.54) is 12.1 Å². The van der Waals surface area contributed by atoms with Crippen LogP contribution in [0.25, 0.3) is 11.6 Å². The Kier molecular flexibility index (Phi) is 5.94. The SMILES string of the molecule is CCOCCn1nc(-c2ncc(C)o2)c2c1CCN(C(=O)Cc1ccc(F)cc1)C2. The van der Waals surface area contributed by atoms with Crippen LogP contribution in [0.15, 0.2) is 34.9 Å². The predicted octanol–water partition coefficient (Wildman–Crippen LogP) is 3.15. The minimum absolute atomic E-state index is 0.00357. The van der Waals surface area contributed by atoms with Crippen LogP contribution in [0.4, 0.5) is 4.39 Å². The van der Waals surface area contributed by atoms with Crippen molar-refractivity contribution < 1.29 is 18.3 Å². The Morgan fingerprint density at radius 3 is 2.80 bits per heavy atom. The molecule has 1 aliphatic rings. The Hall–Kier alpha value is -3.00. The largest absolute Gasteiger partial charge is 0.440 e. The molecular formula is C22H25FN4O3. The Labute approximate surface area is 174 Å². The number of fused-ring (bicyclic) bond motifs is 1. The highest BCUT2D eigenvalue weighted by molar-refractivity contribution is 5.79. The maximum Gasteiger partial charge on any atom is 0.247 e. The number of halogens is 1. The van der Waals surface area contributed by atoms with Gasteiger partial charge in [-0.15, -0.1) is 0 Å². The van der Waals surface area contributed by atoms with Gasteiger partial charge in [0.2, 0.25) is 11.8 Å². The highest BCUT2D eigenvalue weighted by atomic mass is 19.1. The minimum atomic E-state index is -0.306. The highest BCUT2D eigenvalue weighted by Crippen LogP contribution is 2.30. The summed E-state index contributed by atoms with van der Waals surface area (Å²) >= 11 is 0. The third kappa shape index (κ3) is 4.28. The first-order valence-corrected chi connectivity index (χ1v) is 10.2. The lowest BCUT2D eigenvalue weighted by Gasteiger charge is -2.28. The summed E-state index contributed by atoms with van der Waals surface area (Å²) in [6.45, 7) is 6.72. The van der Waals surface area contributed by atoms with E-state index in [4.69, 9.17) is 14.3 Å². The number of amides is 1. The number of carbonyl (C=O) groups excluding carboxylic acids is 1. The molecule has 0 atom stereocenters. The van der Waals surface area contributed by atoms with Crippen LogP contribution in [0.1, 0.15) is 29.5 Å². The number of nitrogens with zero attached hydrogens (tertiary/aromatic N) is 4. The highest BCUT2D eigenvalue weighted by Gasteiger charge is 2.29. The van der Waals surface area contributed by atoms with Gasteiger partial charge in [0.05, 0.1) is 25.8 Å². The quantitative estimate of drug-likeness (QED) is 0.558. The summed E-state index contributed by atoms with van der Waals surface area (Å²) in [6.07, 6.45) is 2.60. The van der Waals surface area contributed by atoms with Crippen LogP contribution in [-0.4, -0.2) is 45.3 Å². The first-order valence-electron chi connectivity index (χ1n) is 10.2. The summed E-state index contributed by atoms with van der Waals surface area (Å²) in [6, 6.07) is 6.05. The molecule has 158 valence electrons. The van der Waals surface area contributed by atoms with Gasteiger partial charge in [-0.25, -0.2) is 9.37 Å². The van der Waals surface area contributed by atoms with Crippen molar-refractivity contribution in [3.05, 3.63) is 58.9 Å². The molecule has 1 aromatic carbocycles. The number of aromatic nitrogens is 3. The van der Waals surface area contributed by atoms with E-state index in [2.05, 4.69) is 4.98 Å². The van der Waals surface area contributed by atoms with E-state index in [0.717, 1.165) is 16.8 Å². The minimum Gasteiger partial charge on any atom is -0.440 e. The Morgan fingerprint density at radius 2 is 2.10 bits per heavy atom. The van der Waals surface area contributed by atoms with Crippen LogP contribution >= 0.6 is 0 Å². The van der Waals surface area contributed by atoms with E-state index in [9.17, 15) is 9.18 Å². The second-order valence-corrected chi connectivity index (χ2v) is 7.34. The predicted molar refractivity (Wildman–Crippen MR) is 108 cm³/mol. The molecule has 0 saturated carbocycles. The molecule has 3 aromatic rings. The summed E-state index contributed by atoms with van der Waals surface area (Å²) in [5, 5.41) is 4.74. The van der Waals surface area contributed by atoms with Crippen LogP contribution in [0.5, 0.6) is 0 Å². The third-order valence-electron chi connectivity index (χ3n) is 5.23. The summed E-state index contributed by atoms with van der Waals surface area (Å²) in [5.41, 5.74) is 3.52. The number of carbonyl (C=O) groups is 1. The summed E-state index contributed by atoms with van der Waals surface area (Å²) < 4.78 is 26.3. The average Bonchev–Trinajstić information content (AvgIpc) is 3.33. The van der Waals surface area contributed by atoms with Crippen molar-refractivity contribution in [3.63, 3.8) is 0 Å². The first-order chi connectivity index (χ1) is 14.5. The summed E-state index contributed by atoms with van der Waals surface area (Å²) in [7, 11) is 0. The van der Waals surface area contributed by atoms with Crippen LogP contribution in [0, 0.1) is 12.7 Å². The van der Waals surface area contributed by atoms with Gasteiger partial charge in [0.1, 0.15) is 11.6 Å². The van der Waals surface area contributed by atoms with Crippen LogP contribution < -0.4 is 0 Å². The molecule has 7 nitrogen and oxygen atoms in total. The molecule has 4 rings (SSSR count). The van der Waals surface area contributed by atoms with Crippen molar-refractivity contribution in [2.75, 3.05) is 19.8 Å². The number of benzene rings is 1. The lowest BCUT2D eigenvalue weighted by atomic mass is 10.0. The molecule has 0 saturated heterocycles. The Bertz CT molecular complexity index is 1030. The Morgan fingerprint density at radius 1 is 1.30 bits per heavy atom. The molecule has 30 heavy (non-hydrogen) atoms. The lowest BCUT2D eigenvalue weighted by molar-refractivity contribution is -0.131. The summed E-state index contributed by atoms with van der Waals surface area (Å²) in [4.78, 5) is 19.0. The monoisotopic (exact) mass is 412 g/mol. The van der Waals surface area contributed by atoms with E-state index in [1.54, 1.807) is 18.3 Å².